The van der Waals surface area contributed by atoms with Crippen LogP contribution >= 0.6 is 0 Å². The average Bonchev–Trinajstić information content (AvgIpc) is 3.04. The highest BCUT2D eigenvalue weighted by Crippen LogP contribution is 2.30. The van der Waals surface area contributed by atoms with Gasteiger partial charge in [0, 0.05) is 5.56 Å². The molecule has 9 heteroatoms. The van der Waals surface area contributed by atoms with Crippen molar-refractivity contribution in [3.8, 4) is 11.5 Å². The predicted octanol–water partition coefficient (Wildman–Crippen LogP) is 4.08. The van der Waals surface area contributed by atoms with Crippen molar-refractivity contribution in [1.29, 1.82) is 0 Å². The standard InChI is InChI=1S/C17H11F4N3O2/c18-13-7-1-10(2-8-13)9-14(25)22-16-24-23-15(26-16)11-3-5-12(6-4-11)17(19,20)21/h1-8H,9H2,(H,22,24,25). The number of aromatic nitrogens is 2. The van der Waals surface area contributed by atoms with Crippen LogP contribution in [0.2, 0.25) is 0 Å². The van der Waals surface area contributed by atoms with Gasteiger partial charge in [-0.15, -0.1) is 5.10 Å². The van der Waals surface area contributed by atoms with E-state index in [9.17, 15) is 22.4 Å². The van der Waals surface area contributed by atoms with Gasteiger partial charge in [0.25, 0.3) is 0 Å². The summed E-state index contributed by atoms with van der Waals surface area (Å²) in [6, 6.07) is 9.40. The number of carbonyl (C=O) groups excluding carboxylic acids is 1. The molecule has 0 aliphatic heterocycles. The molecule has 2 aromatic carbocycles. The second-order valence-electron chi connectivity index (χ2n) is 5.34. The molecule has 0 saturated heterocycles. The van der Waals surface area contributed by atoms with Crippen LogP contribution in [0.25, 0.3) is 11.5 Å². The maximum absolute atomic E-state index is 12.8. The molecule has 0 fully saturated rings. The molecule has 0 atom stereocenters. The van der Waals surface area contributed by atoms with Gasteiger partial charge >= 0.3 is 12.2 Å². The quantitative estimate of drug-likeness (QED) is 0.708. The summed E-state index contributed by atoms with van der Waals surface area (Å²) in [6.45, 7) is 0. The molecule has 3 aromatic rings. The molecule has 0 aliphatic rings. The number of anilines is 1. The SMILES string of the molecule is O=C(Cc1ccc(F)cc1)Nc1nnc(-c2ccc(C(F)(F)F)cc2)o1. The predicted molar refractivity (Wildman–Crippen MR) is 83.5 cm³/mol. The van der Waals surface area contributed by atoms with E-state index in [1.54, 1.807) is 0 Å². The van der Waals surface area contributed by atoms with Gasteiger partial charge in [-0.2, -0.15) is 13.2 Å². The number of alkyl halides is 3. The third-order valence-corrected chi connectivity index (χ3v) is 3.41. The number of hydrogen-bond donors (Lipinski definition) is 1. The average molecular weight is 365 g/mol. The van der Waals surface area contributed by atoms with Crippen LogP contribution in [0.15, 0.2) is 52.9 Å². The largest absolute Gasteiger partial charge is 0.416 e. The lowest BCUT2D eigenvalue weighted by molar-refractivity contribution is -0.137. The lowest BCUT2D eigenvalue weighted by Gasteiger charge is -2.05. The minimum atomic E-state index is -4.44. The first-order chi connectivity index (χ1) is 12.3. The van der Waals surface area contributed by atoms with E-state index in [1.807, 2.05) is 0 Å². The van der Waals surface area contributed by atoms with Crippen molar-refractivity contribution in [2.75, 3.05) is 5.32 Å². The Hall–Kier alpha value is -3.23. The van der Waals surface area contributed by atoms with Gasteiger partial charge in [-0.25, -0.2) is 4.39 Å². The number of rotatable bonds is 4. The maximum Gasteiger partial charge on any atom is 0.416 e. The van der Waals surface area contributed by atoms with Crippen LogP contribution in [-0.2, 0) is 17.4 Å². The lowest BCUT2D eigenvalue weighted by atomic mass is 10.1. The lowest BCUT2D eigenvalue weighted by Crippen LogP contribution is -2.14. The van der Waals surface area contributed by atoms with Gasteiger partial charge in [-0.1, -0.05) is 17.2 Å². The van der Waals surface area contributed by atoms with Crippen LogP contribution in [0.3, 0.4) is 0 Å². The molecule has 1 heterocycles. The molecule has 1 aromatic heterocycles. The number of halogens is 4. The normalized spacial score (nSPS) is 11.4. The zero-order valence-electron chi connectivity index (χ0n) is 13.0. The van der Waals surface area contributed by atoms with E-state index < -0.39 is 23.5 Å². The molecule has 1 amide bonds. The molecule has 0 bridgehead atoms. The van der Waals surface area contributed by atoms with Crippen LogP contribution in [0.1, 0.15) is 11.1 Å². The fourth-order valence-electron chi connectivity index (χ4n) is 2.14. The van der Waals surface area contributed by atoms with E-state index in [0.717, 1.165) is 12.1 Å². The van der Waals surface area contributed by atoms with Crippen molar-refractivity contribution in [3.05, 3.63) is 65.5 Å². The summed E-state index contributed by atoms with van der Waals surface area (Å²) in [4.78, 5) is 11.9. The number of benzene rings is 2. The Kier molecular flexibility index (Phi) is 4.70. The Labute approximate surface area is 144 Å². The molecule has 0 aliphatic carbocycles. The van der Waals surface area contributed by atoms with Crippen molar-refractivity contribution in [1.82, 2.24) is 10.2 Å². The minimum Gasteiger partial charge on any atom is -0.403 e. The molecule has 0 saturated carbocycles. The minimum absolute atomic E-state index is 0.0295. The number of carbonyl (C=O) groups is 1. The molecule has 1 N–H and O–H groups in total. The first-order valence-corrected chi connectivity index (χ1v) is 7.37. The second kappa shape index (κ2) is 6.95. The topological polar surface area (TPSA) is 68.0 Å². The second-order valence-corrected chi connectivity index (χ2v) is 5.34. The van der Waals surface area contributed by atoms with Gasteiger partial charge in [-0.3, -0.25) is 10.1 Å². The summed E-state index contributed by atoms with van der Waals surface area (Å²) in [6.07, 6.45) is -4.47. The van der Waals surface area contributed by atoms with Crippen LogP contribution in [0.5, 0.6) is 0 Å². The summed E-state index contributed by atoms with van der Waals surface area (Å²) in [5, 5.41) is 9.69. The van der Waals surface area contributed by atoms with Gasteiger partial charge in [-0.05, 0) is 42.0 Å². The fourth-order valence-corrected chi connectivity index (χ4v) is 2.14. The van der Waals surface area contributed by atoms with Crippen LogP contribution in [0, 0.1) is 5.82 Å². The first kappa shape index (κ1) is 17.6. The first-order valence-electron chi connectivity index (χ1n) is 7.37. The number of hydrogen-bond acceptors (Lipinski definition) is 4. The summed E-state index contributed by atoms with van der Waals surface area (Å²) >= 11 is 0. The molecule has 5 nitrogen and oxygen atoms in total. The van der Waals surface area contributed by atoms with Crippen molar-refractivity contribution >= 4 is 11.9 Å². The highest BCUT2D eigenvalue weighted by atomic mass is 19.4. The Balaban J connectivity index is 1.66. The van der Waals surface area contributed by atoms with Gasteiger partial charge in [0.15, 0.2) is 0 Å². The van der Waals surface area contributed by atoms with Gasteiger partial charge in [0.05, 0.1) is 12.0 Å². The van der Waals surface area contributed by atoms with Gasteiger partial charge < -0.3 is 4.42 Å². The molecule has 26 heavy (non-hydrogen) atoms. The Bertz CT molecular complexity index is 903. The Morgan fingerprint density at radius 1 is 1.00 bits per heavy atom. The highest BCUT2D eigenvalue weighted by Gasteiger charge is 2.30. The van der Waals surface area contributed by atoms with E-state index in [1.165, 1.54) is 36.4 Å². The monoisotopic (exact) mass is 365 g/mol. The van der Waals surface area contributed by atoms with Crippen molar-refractivity contribution in [3.63, 3.8) is 0 Å². The van der Waals surface area contributed by atoms with E-state index in [0.29, 0.717) is 5.56 Å². The third-order valence-electron chi connectivity index (χ3n) is 3.41. The Morgan fingerprint density at radius 3 is 2.27 bits per heavy atom. The van der Waals surface area contributed by atoms with Crippen molar-refractivity contribution in [2.24, 2.45) is 0 Å². The number of nitrogens with one attached hydrogen (secondary N) is 1. The fraction of sp³-hybridized carbons (Fsp3) is 0.118. The molecule has 0 unspecified atom stereocenters. The highest BCUT2D eigenvalue weighted by molar-refractivity contribution is 5.90. The molecular formula is C17H11F4N3O2. The van der Waals surface area contributed by atoms with E-state index >= 15 is 0 Å². The number of nitrogens with zero attached hydrogens (tertiary/aromatic N) is 2. The molecule has 3 rings (SSSR count). The molecule has 134 valence electrons. The van der Waals surface area contributed by atoms with Crippen molar-refractivity contribution in [2.45, 2.75) is 12.6 Å². The Morgan fingerprint density at radius 2 is 1.65 bits per heavy atom. The zero-order valence-corrected chi connectivity index (χ0v) is 13.0. The van der Waals surface area contributed by atoms with Gasteiger partial charge in [0.1, 0.15) is 5.82 Å². The van der Waals surface area contributed by atoms with Gasteiger partial charge in [0.2, 0.25) is 11.8 Å². The van der Waals surface area contributed by atoms with Crippen molar-refractivity contribution < 1.29 is 26.8 Å². The molecule has 0 radical (unpaired) electrons. The maximum atomic E-state index is 12.8. The van der Waals surface area contributed by atoms with Crippen LogP contribution in [0.4, 0.5) is 23.6 Å². The summed E-state index contributed by atoms with van der Waals surface area (Å²) in [7, 11) is 0. The van der Waals surface area contributed by atoms with E-state index in [2.05, 4.69) is 15.5 Å². The van der Waals surface area contributed by atoms with E-state index in [-0.39, 0.29) is 23.9 Å². The smallest absolute Gasteiger partial charge is 0.403 e. The van der Waals surface area contributed by atoms with Crippen LogP contribution < -0.4 is 5.32 Å². The summed E-state index contributed by atoms with van der Waals surface area (Å²) in [5.41, 5.74) is 0.0736. The third kappa shape index (κ3) is 4.24. The summed E-state index contributed by atoms with van der Waals surface area (Å²) < 4.78 is 55.7. The zero-order chi connectivity index (χ0) is 18.7. The molecule has 0 spiro atoms. The van der Waals surface area contributed by atoms with Crippen LogP contribution in [-0.4, -0.2) is 16.1 Å². The summed E-state index contributed by atoms with van der Waals surface area (Å²) in [5.74, 6) is -0.901. The van der Waals surface area contributed by atoms with E-state index in [4.69, 9.17) is 4.42 Å². The number of amides is 1. The molecular weight excluding hydrogens is 354 g/mol.